The van der Waals surface area contributed by atoms with Crippen LogP contribution < -0.4 is 4.74 Å². The zero-order valence-electron chi connectivity index (χ0n) is 8.45. The molecule has 0 saturated heterocycles. The van der Waals surface area contributed by atoms with Crippen molar-refractivity contribution in [2.75, 3.05) is 0 Å². The Labute approximate surface area is 112 Å². The smallest absolute Gasteiger partial charge is 0.138 e. The van der Waals surface area contributed by atoms with E-state index in [9.17, 15) is 0 Å². The van der Waals surface area contributed by atoms with E-state index in [1.54, 1.807) is 11.3 Å². The molecule has 2 rings (SSSR count). The lowest BCUT2D eigenvalue weighted by Gasteiger charge is -2.07. The van der Waals surface area contributed by atoms with Crippen LogP contribution in [0.15, 0.2) is 35.0 Å². The van der Waals surface area contributed by atoms with Crippen LogP contribution >= 0.6 is 38.9 Å². The molecule has 0 bridgehead atoms. The standard InChI is InChI=1S/C12H10BrClOS/c13-6-9-1-2-12(11(14)5-9)15-7-10-3-4-16-8-10/h1-5,8H,6-7H2. The first-order valence-electron chi connectivity index (χ1n) is 4.78. The van der Waals surface area contributed by atoms with E-state index < -0.39 is 0 Å². The van der Waals surface area contributed by atoms with Crippen LogP contribution in [0.5, 0.6) is 5.75 Å². The first-order chi connectivity index (χ1) is 7.79. The Morgan fingerprint density at radius 3 is 2.75 bits per heavy atom. The number of ether oxygens (including phenoxy) is 1. The van der Waals surface area contributed by atoms with Gasteiger partial charge in [-0.15, -0.1) is 0 Å². The molecule has 16 heavy (non-hydrogen) atoms. The minimum absolute atomic E-state index is 0.566. The Balaban J connectivity index is 2.04. The average Bonchev–Trinajstić information content (AvgIpc) is 2.80. The molecule has 0 aliphatic rings. The van der Waals surface area contributed by atoms with Crippen molar-refractivity contribution >= 4 is 38.9 Å². The fourth-order valence-electron chi connectivity index (χ4n) is 1.28. The molecule has 0 aliphatic carbocycles. The zero-order valence-corrected chi connectivity index (χ0v) is 11.6. The van der Waals surface area contributed by atoms with E-state index >= 15 is 0 Å². The topological polar surface area (TPSA) is 9.23 Å². The third-order valence-corrected chi connectivity index (χ3v) is 3.80. The van der Waals surface area contributed by atoms with Gasteiger partial charge in [0.2, 0.25) is 0 Å². The Morgan fingerprint density at radius 1 is 1.25 bits per heavy atom. The van der Waals surface area contributed by atoms with Crippen molar-refractivity contribution in [3.8, 4) is 5.75 Å². The number of thiophene rings is 1. The molecule has 0 saturated carbocycles. The highest BCUT2D eigenvalue weighted by molar-refractivity contribution is 9.08. The quantitative estimate of drug-likeness (QED) is 0.731. The molecule has 0 spiro atoms. The van der Waals surface area contributed by atoms with E-state index in [-0.39, 0.29) is 0 Å². The zero-order chi connectivity index (χ0) is 11.4. The van der Waals surface area contributed by atoms with Crippen molar-refractivity contribution < 1.29 is 4.74 Å². The minimum atomic E-state index is 0.566. The van der Waals surface area contributed by atoms with Gasteiger partial charge in [0, 0.05) is 5.33 Å². The van der Waals surface area contributed by atoms with Crippen LogP contribution in [0, 0.1) is 0 Å². The van der Waals surface area contributed by atoms with Gasteiger partial charge >= 0.3 is 0 Å². The summed E-state index contributed by atoms with van der Waals surface area (Å²) >= 11 is 11.2. The molecule has 1 aromatic carbocycles. The summed E-state index contributed by atoms with van der Waals surface area (Å²) in [6, 6.07) is 7.87. The van der Waals surface area contributed by atoms with Crippen molar-refractivity contribution in [3.63, 3.8) is 0 Å². The molecular formula is C12H10BrClOS. The minimum Gasteiger partial charge on any atom is -0.487 e. The Hall–Kier alpha value is -0.510. The first kappa shape index (κ1) is 12.0. The van der Waals surface area contributed by atoms with Gasteiger partial charge < -0.3 is 4.74 Å². The highest BCUT2D eigenvalue weighted by atomic mass is 79.9. The molecule has 0 N–H and O–H groups in total. The molecule has 0 fully saturated rings. The molecule has 0 atom stereocenters. The summed E-state index contributed by atoms with van der Waals surface area (Å²) in [5, 5.41) is 5.57. The molecule has 0 radical (unpaired) electrons. The lowest BCUT2D eigenvalue weighted by atomic mass is 10.2. The van der Waals surface area contributed by atoms with Crippen LogP contribution in [0.1, 0.15) is 11.1 Å². The Bertz CT molecular complexity index is 456. The molecule has 1 heterocycles. The van der Waals surface area contributed by atoms with E-state index in [1.165, 1.54) is 5.56 Å². The largest absolute Gasteiger partial charge is 0.487 e. The van der Waals surface area contributed by atoms with Crippen molar-refractivity contribution in [1.82, 2.24) is 0 Å². The maximum Gasteiger partial charge on any atom is 0.138 e. The van der Waals surface area contributed by atoms with Crippen LogP contribution in [0.4, 0.5) is 0 Å². The highest BCUT2D eigenvalue weighted by Crippen LogP contribution is 2.27. The van der Waals surface area contributed by atoms with Gasteiger partial charge in [0.25, 0.3) is 0 Å². The van der Waals surface area contributed by atoms with E-state index in [4.69, 9.17) is 16.3 Å². The van der Waals surface area contributed by atoms with Crippen LogP contribution in [0.2, 0.25) is 5.02 Å². The normalized spacial score (nSPS) is 10.4. The summed E-state index contributed by atoms with van der Waals surface area (Å²) in [4.78, 5) is 0. The van der Waals surface area contributed by atoms with Crippen LogP contribution in [0.25, 0.3) is 0 Å². The lowest BCUT2D eigenvalue weighted by molar-refractivity contribution is 0.307. The number of alkyl halides is 1. The second kappa shape index (κ2) is 5.71. The molecule has 84 valence electrons. The van der Waals surface area contributed by atoms with Crippen molar-refractivity contribution in [3.05, 3.63) is 51.2 Å². The molecule has 2 aromatic rings. The average molecular weight is 318 g/mol. The van der Waals surface area contributed by atoms with Gasteiger partial charge in [-0.05, 0) is 40.1 Å². The molecule has 1 nitrogen and oxygen atoms in total. The summed E-state index contributed by atoms with van der Waals surface area (Å²) < 4.78 is 5.64. The van der Waals surface area contributed by atoms with E-state index in [0.29, 0.717) is 11.6 Å². The van der Waals surface area contributed by atoms with Gasteiger partial charge in [-0.2, -0.15) is 11.3 Å². The van der Waals surface area contributed by atoms with Crippen LogP contribution in [-0.2, 0) is 11.9 Å². The maximum absolute atomic E-state index is 6.11. The van der Waals surface area contributed by atoms with E-state index in [1.807, 2.05) is 29.6 Å². The highest BCUT2D eigenvalue weighted by Gasteiger charge is 2.03. The summed E-state index contributed by atoms with van der Waals surface area (Å²) in [7, 11) is 0. The molecule has 0 unspecified atom stereocenters. The van der Waals surface area contributed by atoms with Crippen molar-refractivity contribution in [2.24, 2.45) is 0 Å². The predicted molar refractivity (Wildman–Crippen MR) is 72.7 cm³/mol. The number of halogens is 2. The summed E-state index contributed by atoms with van der Waals surface area (Å²) in [5.41, 5.74) is 2.32. The second-order valence-electron chi connectivity index (χ2n) is 3.32. The SMILES string of the molecule is Clc1cc(CBr)ccc1OCc1ccsc1. The summed E-state index contributed by atoms with van der Waals surface area (Å²) in [5.74, 6) is 0.734. The van der Waals surface area contributed by atoms with Crippen LogP contribution in [-0.4, -0.2) is 0 Å². The third kappa shape index (κ3) is 3.00. The monoisotopic (exact) mass is 316 g/mol. The van der Waals surface area contributed by atoms with Gasteiger partial charge in [0.1, 0.15) is 12.4 Å². The predicted octanol–water partition coefficient (Wildman–Crippen LogP) is 4.88. The number of hydrogen-bond acceptors (Lipinski definition) is 2. The number of rotatable bonds is 4. The molecule has 0 aliphatic heterocycles. The fraction of sp³-hybridized carbons (Fsp3) is 0.167. The summed E-state index contributed by atoms with van der Waals surface area (Å²) in [6.45, 7) is 0.566. The van der Waals surface area contributed by atoms with Gasteiger partial charge in [-0.3, -0.25) is 0 Å². The van der Waals surface area contributed by atoms with Gasteiger partial charge in [0.05, 0.1) is 5.02 Å². The van der Waals surface area contributed by atoms with Gasteiger partial charge in [0.15, 0.2) is 0 Å². The fourth-order valence-corrected chi connectivity index (χ4v) is 2.54. The molecule has 1 aromatic heterocycles. The molecule has 0 amide bonds. The Kier molecular flexibility index (Phi) is 4.27. The van der Waals surface area contributed by atoms with Crippen molar-refractivity contribution in [1.29, 1.82) is 0 Å². The summed E-state index contributed by atoms with van der Waals surface area (Å²) in [6.07, 6.45) is 0. The van der Waals surface area contributed by atoms with Gasteiger partial charge in [-0.1, -0.05) is 33.6 Å². The molecular weight excluding hydrogens is 308 g/mol. The number of hydrogen-bond donors (Lipinski definition) is 0. The third-order valence-electron chi connectivity index (χ3n) is 2.13. The van der Waals surface area contributed by atoms with E-state index in [2.05, 4.69) is 21.3 Å². The van der Waals surface area contributed by atoms with Gasteiger partial charge in [-0.25, -0.2) is 0 Å². The molecule has 4 heteroatoms. The van der Waals surface area contributed by atoms with Crippen LogP contribution in [0.3, 0.4) is 0 Å². The Morgan fingerprint density at radius 2 is 2.12 bits per heavy atom. The lowest BCUT2D eigenvalue weighted by Crippen LogP contribution is -1.94. The second-order valence-corrected chi connectivity index (χ2v) is 5.07. The first-order valence-corrected chi connectivity index (χ1v) is 7.22. The number of benzene rings is 1. The maximum atomic E-state index is 6.11. The van der Waals surface area contributed by atoms with Crippen molar-refractivity contribution in [2.45, 2.75) is 11.9 Å². The van der Waals surface area contributed by atoms with E-state index in [0.717, 1.165) is 16.6 Å².